The molecule has 1 aromatic carbocycles. The van der Waals surface area contributed by atoms with Gasteiger partial charge in [0.25, 0.3) is 5.91 Å². The number of primary amides is 1. The van der Waals surface area contributed by atoms with Crippen LogP contribution in [0.25, 0.3) is 0 Å². The molecule has 4 N–H and O–H groups in total. The molecule has 0 aromatic heterocycles. The summed E-state index contributed by atoms with van der Waals surface area (Å²) in [6, 6.07) is -0.0391. The van der Waals surface area contributed by atoms with Gasteiger partial charge in [0, 0.05) is 13.1 Å². The number of carbonyl (C=O) groups is 2. The normalized spacial score (nSPS) is 9.90. The third kappa shape index (κ3) is 3.86. The first-order valence-corrected chi connectivity index (χ1v) is 5.28. The van der Waals surface area contributed by atoms with Gasteiger partial charge in [0.15, 0.2) is 0 Å². The second-order valence-electron chi connectivity index (χ2n) is 3.59. The van der Waals surface area contributed by atoms with Crippen molar-refractivity contribution < 1.29 is 23.3 Å². The summed E-state index contributed by atoms with van der Waals surface area (Å²) in [5, 5.41) is 14.7. The Balaban J connectivity index is 2.76. The first kappa shape index (κ1) is 15.3. The Hall–Kier alpha value is -2.78. The molecule has 108 valence electrons. The number of hydrogen-bond donors (Lipinski definition) is 3. The van der Waals surface area contributed by atoms with E-state index in [9.17, 15) is 28.5 Å². The Morgan fingerprint density at radius 1 is 1.20 bits per heavy atom. The number of nitro benzene ring substituents is 1. The highest BCUT2D eigenvalue weighted by Crippen LogP contribution is 2.21. The van der Waals surface area contributed by atoms with Crippen LogP contribution in [0.3, 0.4) is 0 Å². The van der Waals surface area contributed by atoms with Gasteiger partial charge in [-0.05, 0) is 6.07 Å². The molecule has 0 radical (unpaired) electrons. The first-order valence-electron chi connectivity index (χ1n) is 5.28. The Bertz CT molecular complexity index is 564. The van der Waals surface area contributed by atoms with Crippen LogP contribution in [0.4, 0.5) is 19.3 Å². The fourth-order valence-electron chi connectivity index (χ4n) is 1.31. The summed E-state index contributed by atoms with van der Waals surface area (Å²) < 4.78 is 26.7. The average Bonchev–Trinajstić information content (AvgIpc) is 2.36. The largest absolute Gasteiger partial charge is 0.352 e. The molecule has 0 aliphatic rings. The van der Waals surface area contributed by atoms with Crippen molar-refractivity contribution in [2.45, 2.75) is 0 Å². The zero-order valence-electron chi connectivity index (χ0n) is 9.98. The summed E-state index contributed by atoms with van der Waals surface area (Å²) in [4.78, 5) is 31.1. The molecule has 0 spiro atoms. The van der Waals surface area contributed by atoms with Crippen LogP contribution in [0.1, 0.15) is 10.4 Å². The number of urea groups is 1. The maximum Gasteiger partial charge on any atom is 0.312 e. The minimum absolute atomic E-state index is 0.00183. The van der Waals surface area contributed by atoms with Crippen LogP contribution in [0.2, 0.25) is 0 Å². The van der Waals surface area contributed by atoms with E-state index in [1.54, 1.807) is 0 Å². The monoisotopic (exact) mass is 288 g/mol. The second kappa shape index (κ2) is 6.41. The number of amides is 3. The smallest absolute Gasteiger partial charge is 0.312 e. The van der Waals surface area contributed by atoms with Crippen LogP contribution < -0.4 is 16.4 Å². The third-order valence-electron chi connectivity index (χ3n) is 2.19. The molecule has 0 saturated carbocycles. The minimum Gasteiger partial charge on any atom is -0.352 e. The number of nitrogens with one attached hydrogen (secondary N) is 2. The summed E-state index contributed by atoms with van der Waals surface area (Å²) >= 11 is 0. The molecule has 0 fully saturated rings. The zero-order chi connectivity index (χ0) is 15.3. The summed E-state index contributed by atoms with van der Waals surface area (Å²) in [5.41, 5.74) is 3.04. The Morgan fingerprint density at radius 2 is 1.80 bits per heavy atom. The molecular weight excluding hydrogens is 278 g/mol. The number of nitrogens with zero attached hydrogens (tertiary/aromatic N) is 1. The predicted octanol–water partition coefficient (Wildman–Crippen LogP) is 0.271. The van der Waals surface area contributed by atoms with E-state index < -0.39 is 39.7 Å². The number of nitrogens with two attached hydrogens (primary N) is 1. The summed E-state index contributed by atoms with van der Waals surface area (Å²) in [6.45, 7) is -0.0715. The summed E-state index contributed by atoms with van der Waals surface area (Å²) in [5.74, 6) is -3.52. The van der Waals surface area contributed by atoms with Crippen LogP contribution in [-0.2, 0) is 0 Å². The van der Waals surface area contributed by atoms with Crippen molar-refractivity contribution >= 4 is 17.6 Å². The maximum absolute atomic E-state index is 13.5. The van der Waals surface area contributed by atoms with E-state index in [1.165, 1.54) is 0 Å². The van der Waals surface area contributed by atoms with Gasteiger partial charge < -0.3 is 16.4 Å². The standard InChI is InChI=1S/C10H10F2N4O4/c11-6-4-8(16(19)20)7(12)3-5(6)9(17)14-1-2-15-10(13)18/h3-4H,1-2H2,(H,14,17)(H3,13,15,18). The fraction of sp³-hybridized carbons (Fsp3) is 0.200. The first-order chi connectivity index (χ1) is 9.32. The van der Waals surface area contributed by atoms with Crippen LogP contribution in [0, 0.1) is 21.7 Å². The van der Waals surface area contributed by atoms with Gasteiger partial charge in [-0.25, -0.2) is 9.18 Å². The van der Waals surface area contributed by atoms with Crippen molar-refractivity contribution in [3.8, 4) is 0 Å². The molecule has 0 saturated heterocycles. The lowest BCUT2D eigenvalue weighted by Crippen LogP contribution is -2.37. The van der Waals surface area contributed by atoms with Gasteiger partial charge >= 0.3 is 11.7 Å². The van der Waals surface area contributed by atoms with E-state index in [0.29, 0.717) is 12.1 Å². The maximum atomic E-state index is 13.5. The number of rotatable bonds is 5. The van der Waals surface area contributed by atoms with Crippen molar-refractivity contribution in [3.63, 3.8) is 0 Å². The molecule has 0 heterocycles. The van der Waals surface area contributed by atoms with E-state index in [0.717, 1.165) is 0 Å². The van der Waals surface area contributed by atoms with Crippen molar-refractivity contribution in [3.05, 3.63) is 39.4 Å². The topological polar surface area (TPSA) is 127 Å². The Kier molecular flexibility index (Phi) is 4.89. The summed E-state index contributed by atoms with van der Waals surface area (Å²) in [7, 11) is 0. The summed E-state index contributed by atoms with van der Waals surface area (Å²) in [6.07, 6.45) is 0. The van der Waals surface area contributed by atoms with Crippen molar-refractivity contribution in [1.82, 2.24) is 10.6 Å². The van der Waals surface area contributed by atoms with Gasteiger partial charge in [-0.1, -0.05) is 0 Å². The molecular formula is C10H10F2N4O4. The SMILES string of the molecule is NC(=O)NCCNC(=O)c1cc(F)c([N+](=O)[O-])cc1F. The average molecular weight is 288 g/mol. The van der Waals surface area contributed by atoms with Crippen molar-refractivity contribution in [1.29, 1.82) is 0 Å². The molecule has 8 nitrogen and oxygen atoms in total. The minimum atomic E-state index is -1.32. The van der Waals surface area contributed by atoms with Crippen LogP contribution in [0.15, 0.2) is 12.1 Å². The van der Waals surface area contributed by atoms with Crippen molar-refractivity contribution in [2.24, 2.45) is 5.73 Å². The molecule has 3 amide bonds. The lowest BCUT2D eigenvalue weighted by atomic mass is 10.1. The number of nitro groups is 1. The van der Waals surface area contributed by atoms with E-state index in [2.05, 4.69) is 10.6 Å². The van der Waals surface area contributed by atoms with Crippen LogP contribution in [0.5, 0.6) is 0 Å². The van der Waals surface area contributed by atoms with Gasteiger partial charge in [0.2, 0.25) is 5.82 Å². The highest BCUT2D eigenvalue weighted by Gasteiger charge is 2.21. The van der Waals surface area contributed by atoms with E-state index in [-0.39, 0.29) is 13.1 Å². The number of hydrogen-bond acceptors (Lipinski definition) is 4. The van der Waals surface area contributed by atoms with Crippen molar-refractivity contribution in [2.75, 3.05) is 13.1 Å². The Labute approximate surface area is 111 Å². The van der Waals surface area contributed by atoms with E-state index in [4.69, 9.17) is 5.73 Å². The quantitative estimate of drug-likeness (QED) is 0.408. The highest BCUT2D eigenvalue weighted by atomic mass is 19.1. The molecule has 0 unspecified atom stereocenters. The number of carbonyl (C=O) groups excluding carboxylic acids is 2. The van der Waals surface area contributed by atoms with E-state index in [1.807, 2.05) is 0 Å². The van der Waals surface area contributed by atoms with Crippen LogP contribution in [-0.4, -0.2) is 30.0 Å². The van der Waals surface area contributed by atoms with Crippen LogP contribution >= 0.6 is 0 Å². The van der Waals surface area contributed by atoms with Gasteiger partial charge in [-0.3, -0.25) is 14.9 Å². The Morgan fingerprint density at radius 3 is 2.35 bits per heavy atom. The fourth-order valence-corrected chi connectivity index (χ4v) is 1.31. The third-order valence-corrected chi connectivity index (χ3v) is 2.19. The molecule has 10 heteroatoms. The second-order valence-corrected chi connectivity index (χ2v) is 3.59. The predicted molar refractivity (Wildman–Crippen MR) is 62.9 cm³/mol. The molecule has 1 aromatic rings. The van der Waals surface area contributed by atoms with Gasteiger partial charge in [0.05, 0.1) is 16.6 Å². The van der Waals surface area contributed by atoms with Gasteiger partial charge in [-0.15, -0.1) is 0 Å². The zero-order valence-corrected chi connectivity index (χ0v) is 9.98. The molecule has 0 aliphatic carbocycles. The molecule has 0 bridgehead atoms. The number of halogens is 2. The lowest BCUT2D eigenvalue weighted by Gasteiger charge is -2.06. The lowest BCUT2D eigenvalue weighted by molar-refractivity contribution is -0.387. The van der Waals surface area contributed by atoms with Gasteiger partial charge in [-0.2, -0.15) is 4.39 Å². The highest BCUT2D eigenvalue weighted by molar-refractivity contribution is 5.94. The van der Waals surface area contributed by atoms with Gasteiger partial charge in [0.1, 0.15) is 5.82 Å². The van der Waals surface area contributed by atoms with E-state index >= 15 is 0 Å². The molecule has 0 atom stereocenters. The molecule has 1 rings (SSSR count). The molecule has 20 heavy (non-hydrogen) atoms. The number of benzene rings is 1. The molecule has 0 aliphatic heterocycles.